The second-order valence-corrected chi connectivity index (χ2v) is 13.3. The smallest absolute Gasteiger partial charge is 0.232 e. The molecule has 0 aliphatic carbocycles. The molecule has 3 nitrogen and oxygen atoms in total. The average Bonchev–Trinajstić information content (AvgIpc) is 3.30. The molecule has 0 saturated heterocycles. The lowest BCUT2D eigenvalue weighted by molar-refractivity contribution is 0.198. The van der Waals surface area contributed by atoms with Gasteiger partial charge in [0.25, 0.3) is 0 Å². The third-order valence-corrected chi connectivity index (χ3v) is 11.7. The summed E-state index contributed by atoms with van der Waals surface area (Å²) in [6.07, 6.45) is 1.09. The minimum atomic E-state index is -2.23. The molecule has 0 N–H and O–H groups in total. The molecule has 2 aromatic heterocycles. The molecular weight excluding hydrogens is 374 g/mol. The standard InChI is InChI=1S/C25H31NO2Si/c1-7-22-20-15-21(23-14-13-18(6)27-23)26-24(19-11-9-8-10-12-19)25(20)29(28-22,16(2)3)17(4)5/h8-17,22H,7H2,1-6H3/t22-/m1/s1. The van der Waals surface area contributed by atoms with Crippen molar-refractivity contribution in [2.75, 3.05) is 0 Å². The van der Waals surface area contributed by atoms with E-state index in [-0.39, 0.29) is 6.10 Å². The van der Waals surface area contributed by atoms with Crippen LogP contribution in [0.15, 0.2) is 52.9 Å². The van der Waals surface area contributed by atoms with Gasteiger partial charge in [0, 0.05) is 10.8 Å². The molecule has 0 saturated carbocycles. The summed E-state index contributed by atoms with van der Waals surface area (Å²) in [5.74, 6) is 1.73. The van der Waals surface area contributed by atoms with Crippen LogP contribution in [0.3, 0.4) is 0 Å². The summed E-state index contributed by atoms with van der Waals surface area (Å²) in [6.45, 7) is 13.5. The zero-order valence-electron chi connectivity index (χ0n) is 18.3. The van der Waals surface area contributed by atoms with Gasteiger partial charge in [0.2, 0.25) is 8.32 Å². The highest BCUT2D eigenvalue weighted by Crippen LogP contribution is 2.47. The third kappa shape index (κ3) is 3.19. The lowest BCUT2D eigenvalue weighted by Crippen LogP contribution is -2.53. The summed E-state index contributed by atoms with van der Waals surface area (Å²) in [4.78, 5) is 5.19. The Morgan fingerprint density at radius 1 is 1.00 bits per heavy atom. The fourth-order valence-electron chi connectivity index (χ4n) is 4.91. The first-order valence-corrected chi connectivity index (χ1v) is 12.8. The van der Waals surface area contributed by atoms with Crippen molar-refractivity contribution < 1.29 is 8.84 Å². The van der Waals surface area contributed by atoms with Gasteiger partial charge < -0.3 is 8.84 Å². The van der Waals surface area contributed by atoms with Crippen molar-refractivity contribution in [3.05, 3.63) is 59.9 Å². The number of furan rings is 1. The van der Waals surface area contributed by atoms with Gasteiger partial charge in [-0.15, -0.1) is 0 Å². The minimum absolute atomic E-state index is 0.127. The Balaban J connectivity index is 2.06. The summed E-state index contributed by atoms with van der Waals surface area (Å²) >= 11 is 0. The molecule has 0 fully saturated rings. The molecule has 3 aromatic rings. The Kier molecular flexibility index (Phi) is 5.26. The van der Waals surface area contributed by atoms with E-state index in [0.717, 1.165) is 34.9 Å². The average molecular weight is 406 g/mol. The van der Waals surface area contributed by atoms with Crippen LogP contribution >= 0.6 is 0 Å². The molecule has 0 radical (unpaired) electrons. The Labute approximate surface area is 175 Å². The van der Waals surface area contributed by atoms with Crippen LogP contribution in [0.5, 0.6) is 0 Å². The molecule has 0 unspecified atom stereocenters. The summed E-state index contributed by atoms with van der Waals surface area (Å²) in [6, 6.07) is 16.8. The molecule has 3 heterocycles. The van der Waals surface area contributed by atoms with Gasteiger partial charge in [-0.1, -0.05) is 65.0 Å². The minimum Gasteiger partial charge on any atom is -0.460 e. The second kappa shape index (κ2) is 7.58. The Morgan fingerprint density at radius 3 is 2.24 bits per heavy atom. The highest BCUT2D eigenvalue weighted by atomic mass is 28.4. The van der Waals surface area contributed by atoms with Crippen molar-refractivity contribution in [3.8, 4) is 22.7 Å². The monoisotopic (exact) mass is 405 g/mol. The topological polar surface area (TPSA) is 35.3 Å². The summed E-state index contributed by atoms with van der Waals surface area (Å²) in [5.41, 5.74) is 5.40. The van der Waals surface area contributed by atoms with Crippen LogP contribution in [0.2, 0.25) is 11.1 Å². The maximum Gasteiger partial charge on any atom is 0.232 e. The van der Waals surface area contributed by atoms with E-state index in [9.17, 15) is 0 Å². The number of rotatable bonds is 5. The van der Waals surface area contributed by atoms with Crippen molar-refractivity contribution in [1.29, 1.82) is 0 Å². The van der Waals surface area contributed by atoms with Crippen molar-refractivity contribution >= 4 is 13.5 Å². The van der Waals surface area contributed by atoms with Gasteiger partial charge in [0.15, 0.2) is 5.76 Å². The SMILES string of the molecule is CC[C@H]1O[Si](C(C)C)(C(C)C)c2c1cc(-c1ccc(C)o1)nc2-c1ccccc1. The third-order valence-electron chi connectivity index (χ3n) is 6.25. The number of aryl methyl sites for hydroxylation is 1. The van der Waals surface area contributed by atoms with Crippen LogP contribution in [0, 0.1) is 6.92 Å². The molecule has 0 spiro atoms. The summed E-state index contributed by atoms with van der Waals surface area (Å²) in [5, 5.41) is 1.40. The molecule has 1 aromatic carbocycles. The van der Waals surface area contributed by atoms with Crippen molar-refractivity contribution in [1.82, 2.24) is 4.98 Å². The number of fused-ring (bicyclic) bond motifs is 1. The summed E-state index contributed by atoms with van der Waals surface area (Å²) in [7, 11) is -2.23. The summed E-state index contributed by atoms with van der Waals surface area (Å²) < 4.78 is 13.0. The van der Waals surface area contributed by atoms with Gasteiger partial charge in [0.1, 0.15) is 11.5 Å². The molecule has 1 atom stereocenters. The zero-order chi connectivity index (χ0) is 20.8. The van der Waals surface area contributed by atoms with E-state index < -0.39 is 8.32 Å². The van der Waals surface area contributed by atoms with Gasteiger partial charge >= 0.3 is 0 Å². The Hall–Kier alpha value is -2.17. The zero-order valence-corrected chi connectivity index (χ0v) is 19.3. The van der Waals surface area contributed by atoms with E-state index in [4.69, 9.17) is 13.8 Å². The molecule has 29 heavy (non-hydrogen) atoms. The van der Waals surface area contributed by atoms with Crippen LogP contribution in [0.25, 0.3) is 22.7 Å². The van der Waals surface area contributed by atoms with Gasteiger partial charge in [-0.3, -0.25) is 0 Å². The first-order chi connectivity index (χ1) is 13.9. The van der Waals surface area contributed by atoms with E-state index in [0.29, 0.717) is 11.1 Å². The van der Waals surface area contributed by atoms with Crippen LogP contribution in [-0.4, -0.2) is 13.3 Å². The predicted octanol–water partition coefficient (Wildman–Crippen LogP) is 6.77. The lowest BCUT2D eigenvalue weighted by Gasteiger charge is -2.36. The lowest BCUT2D eigenvalue weighted by atomic mass is 10.0. The Morgan fingerprint density at radius 2 is 1.69 bits per heavy atom. The number of benzene rings is 1. The highest BCUT2D eigenvalue weighted by Gasteiger charge is 2.54. The fourth-order valence-corrected chi connectivity index (χ4v) is 10.1. The molecule has 1 aliphatic rings. The van der Waals surface area contributed by atoms with Crippen LogP contribution in [0.4, 0.5) is 0 Å². The van der Waals surface area contributed by atoms with Crippen molar-refractivity contribution in [3.63, 3.8) is 0 Å². The van der Waals surface area contributed by atoms with Crippen LogP contribution < -0.4 is 5.19 Å². The maximum absolute atomic E-state index is 7.02. The molecule has 4 heteroatoms. The number of pyridine rings is 1. The number of hydrogen-bond donors (Lipinski definition) is 0. The second-order valence-electron chi connectivity index (χ2n) is 8.71. The number of nitrogens with zero attached hydrogens (tertiary/aromatic N) is 1. The van der Waals surface area contributed by atoms with Gasteiger partial charge in [0.05, 0.1) is 11.8 Å². The molecule has 0 bridgehead atoms. The largest absolute Gasteiger partial charge is 0.460 e. The molecule has 1 aliphatic heterocycles. The first kappa shape index (κ1) is 20.1. The van der Waals surface area contributed by atoms with Gasteiger partial charge in [-0.2, -0.15) is 0 Å². The van der Waals surface area contributed by atoms with Crippen molar-refractivity contribution in [2.45, 2.75) is 65.1 Å². The first-order valence-electron chi connectivity index (χ1n) is 10.7. The van der Waals surface area contributed by atoms with E-state index in [1.165, 1.54) is 10.8 Å². The highest BCUT2D eigenvalue weighted by molar-refractivity contribution is 6.90. The number of hydrogen-bond acceptors (Lipinski definition) is 3. The molecule has 4 rings (SSSR count). The quantitative estimate of drug-likeness (QED) is 0.439. The molecule has 0 amide bonds. The number of aromatic nitrogens is 1. The predicted molar refractivity (Wildman–Crippen MR) is 122 cm³/mol. The van der Waals surface area contributed by atoms with Crippen LogP contribution in [-0.2, 0) is 4.43 Å². The maximum atomic E-state index is 7.02. The Bertz CT molecular complexity index is 999. The molecular formula is C25H31NO2Si. The van der Waals surface area contributed by atoms with E-state index in [2.05, 4.69) is 71.0 Å². The van der Waals surface area contributed by atoms with E-state index in [1.807, 2.05) is 19.1 Å². The normalized spacial score (nSPS) is 17.9. The van der Waals surface area contributed by atoms with E-state index in [1.54, 1.807) is 0 Å². The van der Waals surface area contributed by atoms with E-state index >= 15 is 0 Å². The molecule has 152 valence electrons. The fraction of sp³-hybridized carbons (Fsp3) is 0.400. The van der Waals surface area contributed by atoms with Crippen molar-refractivity contribution in [2.24, 2.45) is 0 Å². The van der Waals surface area contributed by atoms with Gasteiger partial charge in [-0.25, -0.2) is 4.98 Å². The van der Waals surface area contributed by atoms with Crippen LogP contribution in [0.1, 0.15) is 58.5 Å². The van der Waals surface area contributed by atoms with Gasteiger partial charge in [-0.05, 0) is 48.2 Å².